The molecule has 1 aromatic carbocycles. The van der Waals surface area contributed by atoms with Crippen LogP contribution in [0.25, 0.3) is 16.7 Å². The molecule has 0 unspecified atom stereocenters. The molecular weight excluding hydrogens is 402 g/mol. The molecule has 3 aromatic rings. The Hall–Kier alpha value is -3.41. The van der Waals surface area contributed by atoms with E-state index in [2.05, 4.69) is 37.2 Å². The fourth-order valence-electron chi connectivity index (χ4n) is 4.67. The van der Waals surface area contributed by atoms with Gasteiger partial charge in [-0.3, -0.25) is 14.7 Å². The van der Waals surface area contributed by atoms with E-state index in [0.717, 1.165) is 73.4 Å². The van der Waals surface area contributed by atoms with E-state index in [-0.39, 0.29) is 5.56 Å². The van der Waals surface area contributed by atoms with Crippen LogP contribution in [0.3, 0.4) is 0 Å². The first-order valence-electron chi connectivity index (χ1n) is 11.2. The molecule has 0 saturated carbocycles. The summed E-state index contributed by atoms with van der Waals surface area (Å²) in [6.45, 7) is 7.39. The summed E-state index contributed by atoms with van der Waals surface area (Å²) in [7, 11) is 0. The van der Waals surface area contributed by atoms with Crippen LogP contribution >= 0.6 is 0 Å². The number of aryl methyl sites for hydroxylation is 1. The van der Waals surface area contributed by atoms with E-state index in [1.165, 1.54) is 11.3 Å². The monoisotopic (exact) mass is 429 g/mol. The summed E-state index contributed by atoms with van der Waals surface area (Å²) in [5, 5.41) is 3.12. The number of nitrogens with one attached hydrogen (secondary N) is 2. The van der Waals surface area contributed by atoms with Crippen LogP contribution in [-0.4, -0.2) is 53.5 Å². The van der Waals surface area contributed by atoms with Gasteiger partial charge in [0.15, 0.2) is 5.94 Å². The van der Waals surface area contributed by atoms with Gasteiger partial charge in [0, 0.05) is 62.3 Å². The quantitative estimate of drug-likeness (QED) is 0.619. The standard InChI is InChI=1S/C25H27N5O2/c1-2-18-13-22-23(28-25(18)32)11-17(14-27-22)15-29-7-9-30(10-8-29)20-3-4-21-19(12-20)5-6-26-24(21)16-31/h3-4,11-14,26H,2,5-10,15H2,1H3,(H,28,32). The van der Waals surface area contributed by atoms with Gasteiger partial charge in [-0.2, -0.15) is 0 Å². The maximum absolute atomic E-state index is 12.1. The highest BCUT2D eigenvalue weighted by Crippen LogP contribution is 2.26. The summed E-state index contributed by atoms with van der Waals surface area (Å²) in [4.78, 5) is 35.7. The first kappa shape index (κ1) is 20.5. The lowest BCUT2D eigenvalue weighted by molar-refractivity contribution is 0.249. The topological polar surface area (TPSA) is 81.3 Å². The van der Waals surface area contributed by atoms with Crippen LogP contribution < -0.4 is 15.8 Å². The lowest BCUT2D eigenvalue weighted by Crippen LogP contribution is -2.46. The van der Waals surface area contributed by atoms with Gasteiger partial charge in [0.2, 0.25) is 0 Å². The number of piperazine rings is 1. The third-order valence-corrected chi connectivity index (χ3v) is 6.51. The normalized spacial score (nSPS) is 16.5. The van der Waals surface area contributed by atoms with Crippen LogP contribution in [0.4, 0.5) is 5.69 Å². The third-order valence-electron chi connectivity index (χ3n) is 6.51. The van der Waals surface area contributed by atoms with Gasteiger partial charge in [0.05, 0.1) is 11.0 Å². The molecule has 2 aliphatic heterocycles. The van der Waals surface area contributed by atoms with Gasteiger partial charge in [-0.15, -0.1) is 0 Å². The van der Waals surface area contributed by atoms with Crippen molar-refractivity contribution in [2.75, 3.05) is 37.6 Å². The molecule has 1 saturated heterocycles. The maximum Gasteiger partial charge on any atom is 0.251 e. The predicted molar refractivity (Wildman–Crippen MR) is 126 cm³/mol. The smallest absolute Gasteiger partial charge is 0.251 e. The van der Waals surface area contributed by atoms with Crippen LogP contribution in [0.15, 0.2) is 41.3 Å². The van der Waals surface area contributed by atoms with Gasteiger partial charge in [0.1, 0.15) is 5.70 Å². The molecule has 0 atom stereocenters. The molecule has 164 valence electrons. The van der Waals surface area contributed by atoms with E-state index >= 15 is 0 Å². The minimum Gasteiger partial charge on any atom is -0.375 e. The highest BCUT2D eigenvalue weighted by atomic mass is 16.1. The largest absolute Gasteiger partial charge is 0.375 e. The molecule has 2 aliphatic rings. The molecule has 32 heavy (non-hydrogen) atoms. The zero-order valence-electron chi connectivity index (χ0n) is 18.3. The Kier molecular flexibility index (Phi) is 5.52. The first-order chi connectivity index (χ1) is 15.6. The Labute approximate surface area is 186 Å². The van der Waals surface area contributed by atoms with Crippen molar-refractivity contribution in [2.24, 2.45) is 0 Å². The third kappa shape index (κ3) is 3.93. The van der Waals surface area contributed by atoms with Crippen molar-refractivity contribution in [3.8, 4) is 0 Å². The number of hydrogen-bond acceptors (Lipinski definition) is 6. The van der Waals surface area contributed by atoms with Crippen molar-refractivity contribution in [3.05, 3.63) is 69.1 Å². The Bertz CT molecular complexity index is 1270. The van der Waals surface area contributed by atoms with E-state index in [1.54, 1.807) is 0 Å². The van der Waals surface area contributed by atoms with Gasteiger partial charge in [-0.1, -0.05) is 6.92 Å². The number of fused-ring (bicyclic) bond motifs is 2. The maximum atomic E-state index is 12.1. The zero-order valence-corrected chi connectivity index (χ0v) is 18.3. The van der Waals surface area contributed by atoms with Gasteiger partial charge in [-0.05, 0) is 54.3 Å². The number of anilines is 1. The van der Waals surface area contributed by atoms with Crippen LogP contribution in [-0.2, 0) is 24.2 Å². The molecule has 2 aromatic heterocycles. The predicted octanol–water partition coefficient (Wildman–Crippen LogP) is 2.13. The number of aromatic nitrogens is 2. The summed E-state index contributed by atoms with van der Waals surface area (Å²) >= 11 is 0. The molecular formula is C25H27N5O2. The second kappa shape index (κ2) is 8.61. The average Bonchev–Trinajstić information content (AvgIpc) is 2.83. The van der Waals surface area contributed by atoms with Crippen LogP contribution in [0.1, 0.15) is 29.2 Å². The second-order valence-electron chi connectivity index (χ2n) is 8.51. The Morgan fingerprint density at radius 1 is 1.12 bits per heavy atom. The summed E-state index contributed by atoms with van der Waals surface area (Å²) in [6.07, 6.45) is 3.54. The minimum atomic E-state index is -0.0239. The molecule has 0 bridgehead atoms. The first-order valence-corrected chi connectivity index (χ1v) is 11.2. The average molecular weight is 430 g/mol. The summed E-state index contributed by atoms with van der Waals surface area (Å²) in [6, 6.07) is 10.3. The number of benzene rings is 1. The van der Waals surface area contributed by atoms with Crippen LogP contribution in [0, 0.1) is 0 Å². The minimum absolute atomic E-state index is 0.0239. The number of nitrogens with zero attached hydrogens (tertiary/aromatic N) is 3. The number of carbonyl (C=O) groups excluding carboxylic acids is 1. The van der Waals surface area contributed by atoms with Crippen molar-refractivity contribution in [1.82, 2.24) is 20.2 Å². The molecule has 1 fully saturated rings. The van der Waals surface area contributed by atoms with E-state index in [0.29, 0.717) is 12.1 Å². The summed E-state index contributed by atoms with van der Waals surface area (Å²) in [5.41, 5.74) is 7.47. The molecule has 7 nitrogen and oxygen atoms in total. The van der Waals surface area contributed by atoms with Crippen molar-refractivity contribution in [1.29, 1.82) is 0 Å². The number of aromatic amines is 1. The van der Waals surface area contributed by atoms with Gasteiger partial charge >= 0.3 is 0 Å². The molecule has 7 heteroatoms. The second-order valence-corrected chi connectivity index (χ2v) is 8.51. The van der Waals surface area contributed by atoms with Crippen molar-refractivity contribution < 1.29 is 4.79 Å². The molecule has 0 aliphatic carbocycles. The SMILES string of the molecule is CCc1cc2ncc(CN3CCN(c4ccc5c(c4)CCNC5=C=O)CC3)cc2[nH]c1=O. The van der Waals surface area contributed by atoms with Gasteiger partial charge in [-0.25, -0.2) is 4.79 Å². The molecule has 4 heterocycles. The van der Waals surface area contributed by atoms with Gasteiger partial charge in [0.25, 0.3) is 5.56 Å². The van der Waals surface area contributed by atoms with Crippen molar-refractivity contribution in [3.63, 3.8) is 0 Å². The van der Waals surface area contributed by atoms with E-state index in [4.69, 9.17) is 0 Å². The van der Waals surface area contributed by atoms with Crippen LogP contribution in [0.2, 0.25) is 0 Å². The fraction of sp³-hybridized carbons (Fsp3) is 0.360. The summed E-state index contributed by atoms with van der Waals surface area (Å²) < 4.78 is 0. The van der Waals surface area contributed by atoms with E-state index in [9.17, 15) is 9.59 Å². The highest BCUT2D eigenvalue weighted by molar-refractivity contribution is 5.88. The molecule has 0 radical (unpaired) electrons. The molecule has 0 amide bonds. The van der Waals surface area contributed by atoms with Crippen LogP contribution in [0.5, 0.6) is 0 Å². The zero-order chi connectivity index (χ0) is 22.1. The summed E-state index contributed by atoms with van der Waals surface area (Å²) in [5.74, 6) is 2.02. The Balaban J connectivity index is 1.25. The number of H-pyrrole nitrogens is 1. The van der Waals surface area contributed by atoms with Gasteiger partial charge < -0.3 is 15.2 Å². The van der Waals surface area contributed by atoms with E-state index < -0.39 is 0 Å². The highest BCUT2D eigenvalue weighted by Gasteiger charge is 2.20. The molecule has 5 rings (SSSR count). The number of pyridine rings is 2. The van der Waals surface area contributed by atoms with Crippen molar-refractivity contribution >= 4 is 28.4 Å². The number of hydrogen-bond donors (Lipinski definition) is 2. The van der Waals surface area contributed by atoms with Crippen molar-refractivity contribution in [2.45, 2.75) is 26.3 Å². The Morgan fingerprint density at radius 2 is 1.97 bits per heavy atom. The fourth-order valence-corrected chi connectivity index (χ4v) is 4.67. The number of rotatable bonds is 4. The lowest BCUT2D eigenvalue weighted by atomic mass is 9.97. The van der Waals surface area contributed by atoms with E-state index in [1.807, 2.05) is 37.3 Å². The Morgan fingerprint density at radius 3 is 2.75 bits per heavy atom. The molecule has 0 spiro atoms. The molecule has 2 N–H and O–H groups in total. The lowest BCUT2D eigenvalue weighted by Gasteiger charge is -2.36.